The summed E-state index contributed by atoms with van der Waals surface area (Å²) in [6.07, 6.45) is 10.0. The number of carbonyl (C=O) groups excluding carboxylic acids is 1. The van der Waals surface area contributed by atoms with Gasteiger partial charge in [-0.3, -0.25) is 14.4 Å². The van der Waals surface area contributed by atoms with Gasteiger partial charge in [0.05, 0.1) is 10.8 Å². The Morgan fingerprint density at radius 3 is 2.10 bits per heavy atom. The summed E-state index contributed by atoms with van der Waals surface area (Å²) in [4.78, 5) is 37.6. The quantitative estimate of drug-likeness (QED) is 0.278. The number of allylic oxidation sites excluding steroid dienone is 1. The molecule has 5 fully saturated rings. The van der Waals surface area contributed by atoms with Crippen LogP contribution in [0.1, 0.15) is 126 Å². The molecule has 0 aromatic carbocycles. The molecule has 42 heavy (non-hydrogen) atoms. The molecule has 0 heterocycles. The van der Waals surface area contributed by atoms with Crippen LogP contribution in [-0.4, -0.2) is 34.1 Å². The van der Waals surface area contributed by atoms with E-state index in [9.17, 15) is 24.6 Å². The maximum absolute atomic E-state index is 13.1. The summed E-state index contributed by atoms with van der Waals surface area (Å²) in [5, 5.41) is 23.4. The highest BCUT2D eigenvalue weighted by Gasteiger charge is 2.72. The largest absolute Gasteiger partial charge is 0.481 e. The van der Waals surface area contributed by atoms with Crippen LogP contribution in [0.25, 0.3) is 0 Å². The molecule has 0 spiro atoms. The lowest BCUT2D eigenvalue weighted by Gasteiger charge is -2.73. The molecule has 5 aliphatic carbocycles. The van der Waals surface area contributed by atoms with Gasteiger partial charge in [-0.25, -0.2) is 0 Å². The van der Waals surface area contributed by atoms with Gasteiger partial charge in [0.15, 0.2) is 0 Å². The lowest BCUT2D eigenvalue weighted by atomic mass is 9.32. The Labute approximate surface area is 253 Å². The van der Waals surface area contributed by atoms with Gasteiger partial charge < -0.3 is 15.5 Å². The molecule has 5 saturated carbocycles. The molecule has 0 aliphatic heterocycles. The molecular weight excluding hydrogens is 526 g/mol. The van der Waals surface area contributed by atoms with Crippen molar-refractivity contribution in [1.29, 1.82) is 0 Å². The fourth-order valence-electron chi connectivity index (χ4n) is 12.5. The Balaban J connectivity index is 1.42. The van der Waals surface area contributed by atoms with Crippen LogP contribution in [0.5, 0.6) is 0 Å². The number of carboxylic acids is 2. The maximum atomic E-state index is 13.1. The normalized spacial score (nSPS) is 45.9. The molecule has 0 radical (unpaired) electrons. The third kappa shape index (κ3) is 4.19. The van der Waals surface area contributed by atoms with E-state index in [1.165, 1.54) is 5.57 Å². The van der Waals surface area contributed by atoms with Crippen LogP contribution in [0.2, 0.25) is 0 Å². The van der Waals surface area contributed by atoms with Gasteiger partial charge in [-0.2, -0.15) is 0 Å². The van der Waals surface area contributed by atoms with Crippen molar-refractivity contribution in [2.24, 2.45) is 62.1 Å². The summed E-state index contributed by atoms with van der Waals surface area (Å²) in [7, 11) is 0. The number of nitrogens with one attached hydrogen (secondary N) is 1. The average molecular weight is 584 g/mol. The molecule has 0 aromatic heterocycles. The van der Waals surface area contributed by atoms with Gasteiger partial charge in [-0.05, 0) is 136 Å². The molecule has 0 bridgehead atoms. The highest BCUT2D eigenvalue weighted by atomic mass is 16.4. The van der Waals surface area contributed by atoms with E-state index in [4.69, 9.17) is 0 Å². The van der Waals surface area contributed by atoms with Crippen molar-refractivity contribution in [2.75, 3.05) is 0 Å². The van der Waals surface area contributed by atoms with Gasteiger partial charge >= 0.3 is 11.9 Å². The molecule has 0 aromatic rings. The van der Waals surface area contributed by atoms with Gasteiger partial charge in [0.25, 0.3) is 0 Å². The van der Waals surface area contributed by atoms with Crippen molar-refractivity contribution in [1.82, 2.24) is 5.32 Å². The average Bonchev–Trinajstić information content (AvgIpc) is 3.27. The molecule has 0 saturated heterocycles. The smallest absolute Gasteiger partial charge is 0.309 e. The predicted molar refractivity (Wildman–Crippen MR) is 165 cm³/mol. The number of carbonyl (C=O) groups is 3. The summed E-state index contributed by atoms with van der Waals surface area (Å²) in [5.41, 5.74) is -0.212. The molecule has 6 heteroatoms. The number of hydrogen-bond donors (Lipinski definition) is 3. The van der Waals surface area contributed by atoms with Crippen LogP contribution in [0.3, 0.4) is 0 Å². The Hall–Kier alpha value is -1.85. The lowest BCUT2D eigenvalue weighted by molar-refractivity contribution is -0.240. The van der Waals surface area contributed by atoms with Crippen molar-refractivity contribution < 1.29 is 24.6 Å². The zero-order valence-corrected chi connectivity index (χ0v) is 27.6. The van der Waals surface area contributed by atoms with E-state index >= 15 is 0 Å². The van der Waals surface area contributed by atoms with Crippen LogP contribution in [-0.2, 0) is 14.4 Å². The third-order valence-corrected chi connectivity index (χ3v) is 15.0. The number of rotatable bonds is 6. The van der Waals surface area contributed by atoms with E-state index in [1.807, 2.05) is 0 Å². The molecule has 5 rings (SSSR count). The zero-order valence-electron chi connectivity index (χ0n) is 27.6. The number of aliphatic carboxylic acids is 2. The van der Waals surface area contributed by atoms with E-state index in [-0.39, 0.29) is 45.9 Å². The first-order valence-electron chi connectivity index (χ1n) is 16.7. The molecule has 10 atom stereocenters. The first-order valence-corrected chi connectivity index (χ1v) is 16.7. The van der Waals surface area contributed by atoms with Crippen molar-refractivity contribution in [3.63, 3.8) is 0 Å². The molecule has 3 N–H and O–H groups in total. The highest BCUT2D eigenvalue weighted by molar-refractivity contribution is 5.84. The summed E-state index contributed by atoms with van der Waals surface area (Å²) >= 11 is 0. The number of amides is 1. The second kappa shape index (κ2) is 9.83. The fraction of sp³-hybridized carbons (Fsp3) is 0.861. The van der Waals surface area contributed by atoms with Gasteiger partial charge in [0, 0.05) is 12.5 Å². The summed E-state index contributed by atoms with van der Waals surface area (Å²) in [6.45, 7) is 22.0. The van der Waals surface area contributed by atoms with E-state index in [2.05, 4.69) is 53.4 Å². The monoisotopic (exact) mass is 583 g/mol. The van der Waals surface area contributed by atoms with Crippen LogP contribution < -0.4 is 5.32 Å². The topological polar surface area (TPSA) is 104 Å². The number of fused-ring (bicyclic) bond motifs is 7. The van der Waals surface area contributed by atoms with Crippen LogP contribution in [0.15, 0.2) is 12.2 Å². The van der Waals surface area contributed by atoms with Crippen molar-refractivity contribution in [2.45, 2.75) is 132 Å². The van der Waals surface area contributed by atoms with E-state index < -0.39 is 22.8 Å². The molecule has 6 nitrogen and oxygen atoms in total. The maximum Gasteiger partial charge on any atom is 0.309 e. The molecule has 236 valence electrons. The minimum absolute atomic E-state index is 0.0124. The molecular formula is C36H57NO5. The Morgan fingerprint density at radius 2 is 1.50 bits per heavy atom. The summed E-state index contributed by atoms with van der Waals surface area (Å²) < 4.78 is 0. The second-order valence-electron chi connectivity index (χ2n) is 17.5. The summed E-state index contributed by atoms with van der Waals surface area (Å²) in [6, 6.07) is 0.0321. The van der Waals surface area contributed by atoms with Crippen LogP contribution in [0, 0.1) is 62.1 Å². The van der Waals surface area contributed by atoms with Gasteiger partial charge in [-0.1, -0.05) is 46.8 Å². The fourth-order valence-corrected chi connectivity index (χ4v) is 12.5. The SMILES string of the molecule is C=C(C)[C@@H]1CC[C@]2(C(=O)O)CC[C@]3(C)[C@H](CC[C@@H]4[C@@]5(C)CC[C@@H](NC(=O)CC(C)(C)C(=O)O)C(C)(C)[C@@H]5CC[C@]43C)[C@@H]12. The Kier molecular flexibility index (Phi) is 7.39. The van der Waals surface area contributed by atoms with Gasteiger partial charge in [-0.15, -0.1) is 0 Å². The first-order chi connectivity index (χ1) is 19.3. The van der Waals surface area contributed by atoms with Crippen molar-refractivity contribution in [3.8, 4) is 0 Å². The zero-order chi connectivity index (χ0) is 31.3. The molecule has 0 unspecified atom stereocenters. The third-order valence-electron chi connectivity index (χ3n) is 15.0. The minimum Gasteiger partial charge on any atom is -0.481 e. The number of carboxylic acid groups (broad SMARTS) is 2. The lowest BCUT2D eigenvalue weighted by Crippen LogP contribution is -2.68. The van der Waals surface area contributed by atoms with E-state index in [0.717, 1.165) is 64.2 Å². The minimum atomic E-state index is -1.08. The highest BCUT2D eigenvalue weighted by Crippen LogP contribution is 2.77. The van der Waals surface area contributed by atoms with Crippen molar-refractivity contribution >= 4 is 17.8 Å². The van der Waals surface area contributed by atoms with Gasteiger partial charge in [0.1, 0.15) is 0 Å². The molecule has 5 aliphatic rings. The van der Waals surface area contributed by atoms with Crippen molar-refractivity contribution in [3.05, 3.63) is 12.2 Å². The van der Waals surface area contributed by atoms with Crippen LogP contribution in [0.4, 0.5) is 0 Å². The van der Waals surface area contributed by atoms with Crippen LogP contribution >= 0.6 is 0 Å². The van der Waals surface area contributed by atoms with Gasteiger partial charge in [0.2, 0.25) is 5.91 Å². The summed E-state index contributed by atoms with van der Waals surface area (Å²) in [5.74, 6) is 0.253. The first kappa shape index (κ1) is 31.6. The standard InChI is InChI=1S/C36H57NO5/c1-21(2)22-12-17-36(30(41)42)19-18-34(8)23(28(22)36)10-11-25-33(7)15-14-26(37-27(38)20-31(3,4)29(39)40)32(5,6)24(33)13-16-35(25,34)9/h22-26,28H,1,10-20H2,2-9H3,(H,37,38)(H,39,40)(H,41,42)/t22-,23+,24-,25+,26+,28+,33-,34+,35+,36-/m0/s1. The Bertz CT molecular complexity index is 1170. The number of hydrogen-bond acceptors (Lipinski definition) is 3. The molecule has 1 amide bonds. The predicted octanol–water partition coefficient (Wildman–Crippen LogP) is 7.71. The Morgan fingerprint density at radius 1 is 0.833 bits per heavy atom. The van der Waals surface area contributed by atoms with E-state index in [1.54, 1.807) is 13.8 Å². The van der Waals surface area contributed by atoms with E-state index in [0.29, 0.717) is 23.7 Å². The second-order valence-corrected chi connectivity index (χ2v) is 17.5.